The van der Waals surface area contributed by atoms with Crippen molar-refractivity contribution in [3.8, 4) is 0 Å². The van der Waals surface area contributed by atoms with Gasteiger partial charge in [0.2, 0.25) is 0 Å². The first kappa shape index (κ1) is 7.67. The normalized spacial score (nSPS) is 26.8. The molecule has 0 amide bonds. The van der Waals surface area contributed by atoms with Crippen molar-refractivity contribution in [2.24, 2.45) is 0 Å². The predicted octanol–water partition coefficient (Wildman–Crippen LogP) is 1.55. The third-order valence-corrected chi connectivity index (χ3v) is 9.88. The number of hydrogen-bond acceptors (Lipinski definition) is 1. The van der Waals surface area contributed by atoms with Gasteiger partial charge in [0.15, 0.2) is 0 Å². The molecule has 0 aliphatic carbocycles. The minimum absolute atomic E-state index is 0.659. The standard InChI is InChI=1S/C6H10O.CH3.In/c1-6(2)4-5-7-3;;/h1,5H,4H2,2-3H3;1H3;. The van der Waals surface area contributed by atoms with Gasteiger partial charge in [0.25, 0.3) is 0 Å². The summed E-state index contributed by atoms with van der Waals surface area (Å²) in [6.45, 7) is 2.21. The minimum atomic E-state index is -1.23. The zero-order valence-corrected chi connectivity index (χ0v) is 9.64. The SMILES string of the molecule is CO[CH]1CC(C)=[CH][In]1[CH3]. The molecule has 0 saturated heterocycles. The molecule has 1 nitrogen and oxygen atoms in total. The van der Waals surface area contributed by atoms with Crippen molar-refractivity contribution in [2.45, 2.75) is 21.9 Å². The second kappa shape index (κ2) is 3.11. The van der Waals surface area contributed by atoms with Gasteiger partial charge in [-0.2, -0.15) is 0 Å². The van der Waals surface area contributed by atoms with Gasteiger partial charge in [0.1, 0.15) is 0 Å². The monoisotopic (exact) mass is 228 g/mol. The van der Waals surface area contributed by atoms with Gasteiger partial charge < -0.3 is 0 Å². The van der Waals surface area contributed by atoms with E-state index in [-0.39, 0.29) is 0 Å². The maximum absolute atomic E-state index is 5.34. The summed E-state index contributed by atoms with van der Waals surface area (Å²) < 4.78 is 10.9. The third-order valence-electron chi connectivity index (χ3n) is 1.96. The second-order valence-electron chi connectivity index (χ2n) is 2.85. The Morgan fingerprint density at radius 3 is 2.67 bits per heavy atom. The van der Waals surface area contributed by atoms with Crippen LogP contribution in [0.2, 0.25) is 4.68 Å². The van der Waals surface area contributed by atoms with Gasteiger partial charge >= 0.3 is 64.6 Å². The van der Waals surface area contributed by atoms with E-state index in [1.54, 1.807) is 5.57 Å². The number of rotatable bonds is 1. The van der Waals surface area contributed by atoms with Crippen LogP contribution in [-0.2, 0) is 4.74 Å². The average Bonchev–Trinajstić information content (AvgIpc) is 2.10. The van der Waals surface area contributed by atoms with Crippen LogP contribution < -0.4 is 0 Å². The van der Waals surface area contributed by atoms with Crippen molar-refractivity contribution in [1.82, 2.24) is 0 Å². The molecule has 0 radical (unpaired) electrons. The Kier molecular flexibility index (Phi) is 2.65. The fourth-order valence-corrected chi connectivity index (χ4v) is 8.34. The topological polar surface area (TPSA) is 9.23 Å². The third kappa shape index (κ3) is 1.74. The van der Waals surface area contributed by atoms with Crippen LogP contribution in [0.15, 0.2) is 9.41 Å². The summed E-state index contributed by atoms with van der Waals surface area (Å²) in [6.07, 6.45) is 1.22. The molecule has 1 atom stereocenters. The van der Waals surface area contributed by atoms with Crippen molar-refractivity contribution in [3.05, 3.63) is 9.41 Å². The summed E-state index contributed by atoms with van der Waals surface area (Å²) in [5.74, 6) is 0. The molecule has 0 aromatic rings. The van der Waals surface area contributed by atoms with E-state index in [0.29, 0.717) is 3.86 Å². The summed E-state index contributed by atoms with van der Waals surface area (Å²) >= 11 is -1.23. The fraction of sp³-hybridized carbons (Fsp3) is 0.714. The quantitative estimate of drug-likeness (QED) is 0.661. The van der Waals surface area contributed by atoms with Gasteiger partial charge in [-0.1, -0.05) is 0 Å². The van der Waals surface area contributed by atoms with E-state index < -0.39 is 21.4 Å². The molecule has 1 unspecified atom stereocenters. The van der Waals surface area contributed by atoms with Crippen LogP contribution in [0.4, 0.5) is 0 Å². The predicted molar refractivity (Wildman–Crippen MR) is 40.8 cm³/mol. The van der Waals surface area contributed by atoms with E-state index in [9.17, 15) is 0 Å². The Morgan fingerprint density at radius 2 is 2.44 bits per heavy atom. The molecule has 1 aliphatic heterocycles. The van der Waals surface area contributed by atoms with E-state index in [1.165, 1.54) is 6.42 Å². The molecule has 1 rings (SSSR count). The molecule has 2 heteroatoms. The molecule has 1 aliphatic rings. The number of hydrogen-bond donors (Lipinski definition) is 0. The first-order chi connectivity index (χ1) is 4.24. The number of ether oxygens (including phenoxy) is 1. The molecule has 0 N–H and O–H groups in total. The molecule has 0 saturated carbocycles. The summed E-state index contributed by atoms with van der Waals surface area (Å²) in [6, 6.07) is 0. The zero-order valence-electron chi connectivity index (χ0n) is 6.35. The van der Waals surface area contributed by atoms with Gasteiger partial charge in [-0.15, -0.1) is 0 Å². The van der Waals surface area contributed by atoms with Crippen molar-refractivity contribution in [1.29, 1.82) is 0 Å². The molecule has 0 aromatic carbocycles. The maximum atomic E-state index is 5.34. The fourth-order valence-electron chi connectivity index (χ4n) is 1.43. The Balaban J connectivity index is 2.49. The van der Waals surface area contributed by atoms with Crippen molar-refractivity contribution in [2.75, 3.05) is 7.11 Å². The molecule has 1 heterocycles. The molecule has 50 valence electrons. The van der Waals surface area contributed by atoms with Crippen molar-refractivity contribution in [3.63, 3.8) is 0 Å². The Labute approximate surface area is 64.6 Å². The van der Waals surface area contributed by atoms with Gasteiger partial charge in [0.05, 0.1) is 0 Å². The van der Waals surface area contributed by atoms with Gasteiger partial charge in [-0.05, 0) is 0 Å². The number of methoxy groups -OCH3 is 1. The van der Waals surface area contributed by atoms with Crippen LogP contribution in [0.5, 0.6) is 0 Å². The first-order valence-corrected chi connectivity index (χ1v) is 10.5. The van der Waals surface area contributed by atoms with Crippen LogP contribution in [-0.4, -0.2) is 32.4 Å². The van der Waals surface area contributed by atoms with Crippen LogP contribution >= 0.6 is 0 Å². The molecule has 0 fully saturated rings. The van der Waals surface area contributed by atoms with Gasteiger partial charge in [-0.25, -0.2) is 0 Å². The summed E-state index contributed by atoms with van der Waals surface area (Å²) in [5, 5.41) is 0. The van der Waals surface area contributed by atoms with Crippen LogP contribution in [0.3, 0.4) is 0 Å². The van der Waals surface area contributed by atoms with E-state index in [4.69, 9.17) is 4.74 Å². The molecular formula is C7H13InO. The summed E-state index contributed by atoms with van der Waals surface area (Å²) in [5.41, 5.74) is 1.56. The first-order valence-electron chi connectivity index (χ1n) is 3.44. The molecular weight excluding hydrogens is 215 g/mol. The molecule has 9 heavy (non-hydrogen) atoms. The summed E-state index contributed by atoms with van der Waals surface area (Å²) in [7, 11) is 1.84. The molecule has 0 bridgehead atoms. The van der Waals surface area contributed by atoms with Gasteiger partial charge in [-0.3, -0.25) is 0 Å². The van der Waals surface area contributed by atoms with Gasteiger partial charge in [0, 0.05) is 0 Å². The molecule has 0 spiro atoms. The van der Waals surface area contributed by atoms with Crippen LogP contribution in [0.1, 0.15) is 13.3 Å². The Bertz CT molecular complexity index is 131. The van der Waals surface area contributed by atoms with E-state index >= 15 is 0 Å². The van der Waals surface area contributed by atoms with E-state index in [2.05, 4.69) is 15.4 Å². The Morgan fingerprint density at radius 1 is 1.78 bits per heavy atom. The Hall–Kier alpha value is 0.570. The van der Waals surface area contributed by atoms with Crippen molar-refractivity contribution < 1.29 is 4.74 Å². The van der Waals surface area contributed by atoms with Crippen molar-refractivity contribution >= 4 is 21.4 Å². The van der Waals surface area contributed by atoms with E-state index in [1.807, 2.05) is 7.11 Å². The van der Waals surface area contributed by atoms with E-state index in [0.717, 1.165) is 0 Å². The zero-order chi connectivity index (χ0) is 6.85. The van der Waals surface area contributed by atoms with Crippen LogP contribution in [0, 0.1) is 0 Å². The van der Waals surface area contributed by atoms with Crippen LogP contribution in [0.25, 0.3) is 0 Å². The second-order valence-corrected chi connectivity index (χ2v) is 10.8. The molecule has 0 aromatic heterocycles. The summed E-state index contributed by atoms with van der Waals surface area (Å²) in [4.78, 5) is 0. The average molecular weight is 228 g/mol.